The third kappa shape index (κ3) is 5.71. The summed E-state index contributed by atoms with van der Waals surface area (Å²) < 4.78 is 28.9. The number of carbonyl (C=O) groups excluding carboxylic acids is 2. The molecule has 0 saturated carbocycles. The third-order valence-electron chi connectivity index (χ3n) is 3.91. The van der Waals surface area contributed by atoms with Crippen LogP contribution in [0.5, 0.6) is 5.75 Å². The van der Waals surface area contributed by atoms with Crippen LogP contribution in [0.1, 0.15) is 19.4 Å². The van der Waals surface area contributed by atoms with E-state index < -0.39 is 27.9 Å². The van der Waals surface area contributed by atoms with Crippen molar-refractivity contribution in [3.63, 3.8) is 0 Å². The Balaban J connectivity index is 1.96. The van der Waals surface area contributed by atoms with E-state index in [0.29, 0.717) is 0 Å². The Hall–Kier alpha value is -3.07. The number of aromatic hydroxyl groups is 1. The maximum absolute atomic E-state index is 12.3. The van der Waals surface area contributed by atoms with Gasteiger partial charge >= 0.3 is 6.09 Å². The Labute approximate surface area is 163 Å². The van der Waals surface area contributed by atoms with Crippen molar-refractivity contribution in [1.29, 1.82) is 0 Å². The number of phenolic OH excluding ortho intramolecular Hbond substituents is 1. The lowest BCUT2D eigenvalue weighted by Gasteiger charge is -2.15. The number of sulfone groups is 1. The highest BCUT2D eigenvalue weighted by atomic mass is 32.2. The number of hydrogen-bond donors (Lipinski definition) is 3. The molecule has 28 heavy (non-hydrogen) atoms. The molecule has 3 N–H and O–H groups in total. The minimum Gasteiger partial charge on any atom is -0.506 e. The molecule has 0 aromatic heterocycles. The summed E-state index contributed by atoms with van der Waals surface area (Å²) in [6.45, 7) is 2.98. The first-order valence-electron chi connectivity index (χ1n) is 8.56. The maximum atomic E-state index is 12.3. The van der Waals surface area contributed by atoms with Crippen LogP contribution in [0.4, 0.5) is 10.5 Å². The van der Waals surface area contributed by atoms with Gasteiger partial charge in [0.2, 0.25) is 5.91 Å². The number of ether oxygens (including phenoxy) is 1. The summed E-state index contributed by atoms with van der Waals surface area (Å²) in [6.07, 6.45) is -0.780. The van der Waals surface area contributed by atoms with E-state index in [1.165, 1.54) is 32.0 Å². The summed E-state index contributed by atoms with van der Waals surface area (Å²) in [5.41, 5.74) is 0.736. The molecule has 9 heteroatoms. The first kappa shape index (κ1) is 21.2. The molecule has 0 fully saturated rings. The highest BCUT2D eigenvalue weighted by Crippen LogP contribution is 2.27. The fraction of sp³-hybridized carbons (Fsp3) is 0.263. The monoisotopic (exact) mass is 406 g/mol. The van der Waals surface area contributed by atoms with Crippen molar-refractivity contribution in [3.05, 3.63) is 54.1 Å². The highest BCUT2D eigenvalue weighted by Gasteiger charge is 2.20. The lowest BCUT2D eigenvalue weighted by molar-refractivity contribution is -0.117. The van der Waals surface area contributed by atoms with Gasteiger partial charge in [-0.15, -0.1) is 0 Å². The van der Waals surface area contributed by atoms with Crippen LogP contribution < -0.4 is 10.6 Å². The second-order valence-corrected chi connectivity index (χ2v) is 8.28. The Morgan fingerprint density at radius 2 is 1.82 bits per heavy atom. The van der Waals surface area contributed by atoms with Crippen LogP contribution in [0, 0.1) is 0 Å². The van der Waals surface area contributed by atoms with Crippen molar-refractivity contribution in [1.82, 2.24) is 5.32 Å². The largest absolute Gasteiger partial charge is 0.506 e. The Morgan fingerprint density at radius 1 is 1.14 bits per heavy atom. The van der Waals surface area contributed by atoms with E-state index in [0.717, 1.165) is 5.56 Å². The van der Waals surface area contributed by atoms with Crippen molar-refractivity contribution >= 4 is 27.5 Å². The Morgan fingerprint density at radius 3 is 2.46 bits per heavy atom. The van der Waals surface area contributed by atoms with E-state index in [4.69, 9.17) is 4.74 Å². The summed E-state index contributed by atoms with van der Waals surface area (Å²) >= 11 is 0. The van der Waals surface area contributed by atoms with Crippen molar-refractivity contribution in [2.45, 2.75) is 31.4 Å². The minimum atomic E-state index is -3.50. The molecule has 2 aromatic carbocycles. The summed E-state index contributed by atoms with van der Waals surface area (Å²) in [5.74, 6) is -1.05. The Bertz CT molecular complexity index is 944. The molecule has 1 atom stereocenters. The fourth-order valence-electron chi connectivity index (χ4n) is 2.22. The number of phenols is 1. The van der Waals surface area contributed by atoms with E-state index in [1.54, 1.807) is 12.1 Å². The van der Waals surface area contributed by atoms with Gasteiger partial charge in [0.15, 0.2) is 9.84 Å². The van der Waals surface area contributed by atoms with E-state index in [2.05, 4.69) is 10.6 Å². The summed E-state index contributed by atoms with van der Waals surface area (Å²) in [4.78, 5) is 24.1. The lowest BCUT2D eigenvalue weighted by Crippen LogP contribution is -2.41. The van der Waals surface area contributed by atoms with E-state index in [9.17, 15) is 23.1 Å². The van der Waals surface area contributed by atoms with Gasteiger partial charge < -0.3 is 20.5 Å². The molecule has 0 aliphatic carbocycles. The minimum absolute atomic E-state index is 0.0222. The number of nitrogens with one attached hydrogen (secondary N) is 2. The van der Waals surface area contributed by atoms with Crippen LogP contribution >= 0.6 is 0 Å². The predicted octanol–water partition coefficient (Wildman–Crippen LogP) is 2.44. The number of benzene rings is 2. The maximum Gasteiger partial charge on any atom is 0.408 e. The van der Waals surface area contributed by atoms with Gasteiger partial charge in [0, 0.05) is 0 Å². The number of rotatable bonds is 7. The molecular formula is C19H22N2O6S. The SMILES string of the molecule is CCS(=O)(=O)c1ccc(O)c(NC(=O)C(C)NC(=O)OCc2ccccc2)c1. The molecule has 0 radical (unpaired) electrons. The highest BCUT2D eigenvalue weighted by molar-refractivity contribution is 7.91. The van der Waals surface area contributed by atoms with Crippen LogP contribution in [-0.4, -0.2) is 37.3 Å². The van der Waals surface area contributed by atoms with Gasteiger partial charge in [-0.3, -0.25) is 4.79 Å². The quantitative estimate of drug-likeness (QED) is 0.607. The number of anilines is 1. The average Bonchev–Trinajstić information content (AvgIpc) is 2.68. The van der Waals surface area contributed by atoms with Gasteiger partial charge in [-0.2, -0.15) is 0 Å². The van der Waals surface area contributed by atoms with Gasteiger partial charge in [0.05, 0.1) is 16.3 Å². The van der Waals surface area contributed by atoms with E-state index in [1.807, 2.05) is 18.2 Å². The Kier molecular flexibility index (Phi) is 7.00. The van der Waals surface area contributed by atoms with Crippen LogP contribution in [-0.2, 0) is 26.0 Å². The molecule has 0 saturated heterocycles. The zero-order chi connectivity index (χ0) is 20.7. The second kappa shape index (κ2) is 9.23. The average molecular weight is 406 g/mol. The van der Waals surface area contributed by atoms with Crippen LogP contribution in [0.25, 0.3) is 0 Å². The molecule has 150 valence electrons. The first-order chi connectivity index (χ1) is 13.2. The van der Waals surface area contributed by atoms with Crippen molar-refractivity contribution in [3.8, 4) is 5.75 Å². The number of carbonyl (C=O) groups is 2. The smallest absolute Gasteiger partial charge is 0.408 e. The predicted molar refractivity (Wildman–Crippen MR) is 104 cm³/mol. The molecule has 2 amide bonds. The summed E-state index contributed by atoms with van der Waals surface area (Å²) in [5, 5.41) is 14.6. The third-order valence-corrected chi connectivity index (χ3v) is 5.64. The number of amides is 2. The van der Waals surface area contributed by atoms with Crippen LogP contribution in [0.15, 0.2) is 53.4 Å². The molecule has 2 rings (SSSR count). The molecule has 0 aliphatic heterocycles. The molecule has 2 aromatic rings. The van der Waals surface area contributed by atoms with Crippen molar-refractivity contribution in [2.24, 2.45) is 0 Å². The molecule has 0 spiro atoms. The van der Waals surface area contributed by atoms with Gasteiger partial charge in [0.25, 0.3) is 0 Å². The number of hydrogen-bond acceptors (Lipinski definition) is 6. The van der Waals surface area contributed by atoms with E-state index >= 15 is 0 Å². The fourth-order valence-corrected chi connectivity index (χ4v) is 3.13. The van der Waals surface area contributed by atoms with Gasteiger partial charge in [-0.05, 0) is 30.7 Å². The van der Waals surface area contributed by atoms with Gasteiger partial charge in [-0.25, -0.2) is 13.2 Å². The lowest BCUT2D eigenvalue weighted by atomic mass is 10.2. The molecule has 0 heterocycles. The first-order valence-corrected chi connectivity index (χ1v) is 10.2. The molecule has 0 bridgehead atoms. The zero-order valence-corrected chi connectivity index (χ0v) is 16.3. The summed E-state index contributed by atoms with van der Waals surface area (Å²) in [7, 11) is -3.50. The molecule has 8 nitrogen and oxygen atoms in total. The summed E-state index contributed by atoms with van der Waals surface area (Å²) in [6, 6.07) is 11.7. The van der Waals surface area contributed by atoms with Crippen molar-refractivity contribution in [2.75, 3.05) is 11.1 Å². The molecular weight excluding hydrogens is 384 g/mol. The van der Waals surface area contributed by atoms with E-state index in [-0.39, 0.29) is 28.7 Å². The van der Waals surface area contributed by atoms with Gasteiger partial charge in [0.1, 0.15) is 18.4 Å². The van der Waals surface area contributed by atoms with Crippen molar-refractivity contribution < 1.29 is 27.9 Å². The second-order valence-electron chi connectivity index (χ2n) is 6.00. The molecule has 1 unspecified atom stereocenters. The number of alkyl carbamates (subject to hydrolysis) is 1. The molecule has 0 aliphatic rings. The van der Waals surface area contributed by atoms with Gasteiger partial charge in [-0.1, -0.05) is 37.3 Å². The topological polar surface area (TPSA) is 122 Å². The van der Waals surface area contributed by atoms with Crippen LogP contribution in [0.2, 0.25) is 0 Å². The zero-order valence-electron chi connectivity index (χ0n) is 15.5. The van der Waals surface area contributed by atoms with Crippen LogP contribution in [0.3, 0.4) is 0 Å². The standard InChI is InChI=1S/C19H22N2O6S/c1-3-28(25,26)15-9-10-17(22)16(11-15)21-18(23)13(2)20-19(24)27-12-14-7-5-4-6-8-14/h4-11,13,22H,3,12H2,1-2H3,(H,20,24)(H,21,23). The normalized spacial score (nSPS) is 12.1.